The van der Waals surface area contributed by atoms with Crippen molar-refractivity contribution in [2.24, 2.45) is 0 Å². The number of aryl methyl sites for hydroxylation is 2. The van der Waals surface area contributed by atoms with Crippen LogP contribution in [0.4, 0.5) is 5.69 Å². The lowest BCUT2D eigenvalue weighted by Gasteiger charge is -2.14. The van der Waals surface area contributed by atoms with Gasteiger partial charge in [0.15, 0.2) is 0 Å². The van der Waals surface area contributed by atoms with E-state index >= 15 is 0 Å². The van der Waals surface area contributed by atoms with E-state index in [4.69, 9.17) is 0 Å². The molecule has 2 aromatic rings. The molecule has 16 heavy (non-hydrogen) atoms. The van der Waals surface area contributed by atoms with Gasteiger partial charge in [-0.05, 0) is 25.8 Å². The van der Waals surface area contributed by atoms with E-state index in [1.165, 1.54) is 28.9 Å². The number of hydrogen-bond acceptors (Lipinski definition) is 2. The summed E-state index contributed by atoms with van der Waals surface area (Å²) in [6, 6.07) is 8.47. The van der Waals surface area contributed by atoms with E-state index in [-0.39, 0.29) is 0 Å². The van der Waals surface area contributed by atoms with Gasteiger partial charge in [0, 0.05) is 12.1 Å². The molecular formula is C13H15N3. The number of anilines is 1. The maximum atomic E-state index is 4.42. The van der Waals surface area contributed by atoms with E-state index in [2.05, 4.69) is 46.7 Å². The van der Waals surface area contributed by atoms with E-state index < -0.39 is 0 Å². The SMILES string of the molecule is Cc1cccc(-c2n[nH]c3c2NCCC3)c1. The van der Waals surface area contributed by atoms with Gasteiger partial charge in [0.2, 0.25) is 0 Å². The Labute approximate surface area is 94.9 Å². The van der Waals surface area contributed by atoms with Gasteiger partial charge < -0.3 is 5.32 Å². The first kappa shape index (κ1) is 9.46. The summed E-state index contributed by atoms with van der Waals surface area (Å²) in [6.45, 7) is 3.15. The number of benzene rings is 1. The van der Waals surface area contributed by atoms with Crippen molar-refractivity contribution in [1.29, 1.82) is 0 Å². The Morgan fingerprint density at radius 2 is 2.25 bits per heavy atom. The Bertz CT molecular complexity index is 514. The highest BCUT2D eigenvalue weighted by Crippen LogP contribution is 2.31. The number of aromatic nitrogens is 2. The molecule has 0 saturated carbocycles. The highest BCUT2D eigenvalue weighted by Gasteiger charge is 2.17. The fourth-order valence-corrected chi connectivity index (χ4v) is 2.23. The number of nitrogens with one attached hydrogen (secondary N) is 2. The molecule has 1 aliphatic rings. The summed E-state index contributed by atoms with van der Waals surface area (Å²) < 4.78 is 0. The summed E-state index contributed by atoms with van der Waals surface area (Å²) in [5.41, 5.74) is 5.94. The van der Waals surface area contributed by atoms with Crippen molar-refractivity contribution < 1.29 is 0 Å². The quantitative estimate of drug-likeness (QED) is 0.764. The number of hydrogen-bond donors (Lipinski definition) is 2. The van der Waals surface area contributed by atoms with Gasteiger partial charge in [-0.2, -0.15) is 5.10 Å². The molecule has 2 heterocycles. The zero-order valence-electron chi connectivity index (χ0n) is 9.38. The Hall–Kier alpha value is -1.77. The molecule has 0 fully saturated rings. The van der Waals surface area contributed by atoms with Gasteiger partial charge in [-0.3, -0.25) is 5.10 Å². The summed E-state index contributed by atoms with van der Waals surface area (Å²) in [5.74, 6) is 0. The standard InChI is InChI=1S/C13H15N3/c1-9-4-2-5-10(8-9)12-13-11(15-16-12)6-3-7-14-13/h2,4-5,8,14H,3,6-7H2,1H3,(H,15,16). The van der Waals surface area contributed by atoms with Crippen LogP contribution in [0.15, 0.2) is 24.3 Å². The van der Waals surface area contributed by atoms with E-state index in [9.17, 15) is 0 Å². The molecule has 0 aliphatic carbocycles. The van der Waals surface area contributed by atoms with Crippen LogP contribution in [-0.2, 0) is 6.42 Å². The molecular weight excluding hydrogens is 198 g/mol. The van der Waals surface area contributed by atoms with E-state index in [1.54, 1.807) is 0 Å². The number of H-pyrrole nitrogens is 1. The van der Waals surface area contributed by atoms with E-state index in [1.807, 2.05) is 0 Å². The minimum absolute atomic E-state index is 1.05. The molecule has 2 N–H and O–H groups in total. The van der Waals surface area contributed by atoms with Gasteiger partial charge in [-0.25, -0.2) is 0 Å². The Kier molecular flexibility index (Phi) is 2.17. The first-order valence-electron chi connectivity index (χ1n) is 5.73. The molecule has 0 unspecified atom stereocenters. The normalized spacial score (nSPS) is 14.3. The Morgan fingerprint density at radius 1 is 1.31 bits per heavy atom. The number of fused-ring (bicyclic) bond motifs is 1. The van der Waals surface area contributed by atoms with Crippen LogP contribution in [-0.4, -0.2) is 16.7 Å². The molecule has 1 aliphatic heterocycles. The van der Waals surface area contributed by atoms with Gasteiger partial charge in [-0.1, -0.05) is 23.8 Å². The van der Waals surface area contributed by atoms with Crippen molar-refractivity contribution in [3.63, 3.8) is 0 Å². The van der Waals surface area contributed by atoms with Crippen molar-refractivity contribution in [2.75, 3.05) is 11.9 Å². The van der Waals surface area contributed by atoms with E-state index in [0.717, 1.165) is 18.7 Å². The lowest BCUT2D eigenvalue weighted by molar-refractivity contribution is 0.801. The highest BCUT2D eigenvalue weighted by molar-refractivity contribution is 5.77. The van der Waals surface area contributed by atoms with Crippen molar-refractivity contribution in [1.82, 2.24) is 10.2 Å². The summed E-state index contributed by atoms with van der Waals surface area (Å²) in [4.78, 5) is 0. The monoisotopic (exact) mass is 213 g/mol. The Balaban J connectivity index is 2.09. The minimum atomic E-state index is 1.05. The first-order valence-corrected chi connectivity index (χ1v) is 5.73. The predicted molar refractivity (Wildman–Crippen MR) is 65.6 cm³/mol. The fraction of sp³-hybridized carbons (Fsp3) is 0.308. The molecule has 82 valence electrons. The molecule has 0 saturated heterocycles. The van der Waals surface area contributed by atoms with Gasteiger partial charge in [0.05, 0.1) is 11.4 Å². The van der Waals surface area contributed by atoms with Crippen LogP contribution in [0.5, 0.6) is 0 Å². The number of nitrogens with zero attached hydrogens (tertiary/aromatic N) is 1. The van der Waals surface area contributed by atoms with Crippen molar-refractivity contribution >= 4 is 5.69 Å². The maximum Gasteiger partial charge on any atom is 0.115 e. The van der Waals surface area contributed by atoms with Gasteiger partial charge in [0.1, 0.15) is 5.69 Å². The lowest BCUT2D eigenvalue weighted by Crippen LogP contribution is -2.10. The molecule has 3 heteroatoms. The van der Waals surface area contributed by atoms with Crippen LogP contribution in [0.1, 0.15) is 17.7 Å². The average Bonchev–Trinajstić information content (AvgIpc) is 2.72. The second kappa shape index (κ2) is 3.67. The molecule has 1 aromatic heterocycles. The maximum absolute atomic E-state index is 4.42. The second-order valence-corrected chi connectivity index (χ2v) is 4.33. The van der Waals surface area contributed by atoms with Crippen LogP contribution < -0.4 is 5.32 Å². The largest absolute Gasteiger partial charge is 0.382 e. The summed E-state index contributed by atoms with van der Waals surface area (Å²) in [7, 11) is 0. The Morgan fingerprint density at radius 3 is 3.12 bits per heavy atom. The molecule has 0 spiro atoms. The van der Waals surface area contributed by atoms with Gasteiger partial charge in [-0.15, -0.1) is 0 Å². The van der Waals surface area contributed by atoms with Crippen LogP contribution in [0, 0.1) is 6.92 Å². The molecule has 0 bridgehead atoms. The first-order chi connectivity index (χ1) is 7.84. The lowest BCUT2D eigenvalue weighted by atomic mass is 10.0. The molecule has 0 atom stereocenters. The molecule has 0 radical (unpaired) electrons. The highest BCUT2D eigenvalue weighted by atomic mass is 15.2. The zero-order chi connectivity index (χ0) is 11.0. The third-order valence-electron chi connectivity index (χ3n) is 3.04. The third kappa shape index (κ3) is 1.48. The van der Waals surface area contributed by atoms with Crippen LogP contribution in [0.2, 0.25) is 0 Å². The summed E-state index contributed by atoms with van der Waals surface area (Å²) >= 11 is 0. The predicted octanol–water partition coefficient (Wildman–Crippen LogP) is 2.74. The minimum Gasteiger partial charge on any atom is -0.382 e. The van der Waals surface area contributed by atoms with Gasteiger partial charge in [0.25, 0.3) is 0 Å². The summed E-state index contributed by atoms with van der Waals surface area (Å²) in [6.07, 6.45) is 2.28. The molecule has 3 rings (SSSR count). The van der Waals surface area contributed by atoms with Gasteiger partial charge >= 0.3 is 0 Å². The average molecular weight is 213 g/mol. The fourth-order valence-electron chi connectivity index (χ4n) is 2.23. The number of aromatic amines is 1. The number of rotatable bonds is 1. The zero-order valence-corrected chi connectivity index (χ0v) is 9.38. The van der Waals surface area contributed by atoms with Crippen molar-refractivity contribution in [3.8, 4) is 11.3 Å². The summed E-state index contributed by atoms with van der Waals surface area (Å²) in [5, 5.41) is 11.0. The van der Waals surface area contributed by atoms with Crippen molar-refractivity contribution in [3.05, 3.63) is 35.5 Å². The molecule has 0 amide bonds. The molecule has 3 nitrogen and oxygen atoms in total. The second-order valence-electron chi connectivity index (χ2n) is 4.33. The third-order valence-corrected chi connectivity index (χ3v) is 3.04. The van der Waals surface area contributed by atoms with E-state index in [0.29, 0.717) is 0 Å². The van der Waals surface area contributed by atoms with Crippen LogP contribution in [0.3, 0.4) is 0 Å². The van der Waals surface area contributed by atoms with Crippen LogP contribution >= 0.6 is 0 Å². The topological polar surface area (TPSA) is 40.7 Å². The smallest absolute Gasteiger partial charge is 0.115 e. The molecule has 1 aromatic carbocycles. The van der Waals surface area contributed by atoms with Crippen molar-refractivity contribution in [2.45, 2.75) is 19.8 Å². The van der Waals surface area contributed by atoms with Crippen LogP contribution in [0.25, 0.3) is 11.3 Å².